The van der Waals surface area contributed by atoms with Gasteiger partial charge < -0.3 is 14.5 Å². The number of fused-ring (bicyclic) bond motifs is 3. The lowest BCUT2D eigenvalue weighted by Gasteiger charge is -2.22. The van der Waals surface area contributed by atoms with E-state index in [2.05, 4.69) is 12.2 Å². The van der Waals surface area contributed by atoms with Gasteiger partial charge in [0.15, 0.2) is 5.76 Å². The number of nitrogens with zero attached hydrogens (tertiary/aromatic N) is 1. The van der Waals surface area contributed by atoms with Crippen LogP contribution in [0.1, 0.15) is 52.4 Å². The maximum Gasteiger partial charge on any atom is 0.287 e. The molecular weight excluding hydrogens is 360 g/mol. The lowest BCUT2D eigenvalue weighted by molar-refractivity contribution is 0.0923. The Bertz CT molecular complexity index is 903. The predicted molar refractivity (Wildman–Crippen MR) is 108 cm³/mol. The number of thioether (sulfide) groups is 1. The number of hydrogen-bond donors (Lipinski definition) is 1. The van der Waals surface area contributed by atoms with Crippen molar-refractivity contribution in [3.8, 4) is 5.75 Å². The Morgan fingerprint density at radius 1 is 1.37 bits per heavy atom. The fraction of sp³-hybridized carbons (Fsp3) is 0.429. The van der Waals surface area contributed by atoms with Crippen molar-refractivity contribution in [3.63, 3.8) is 0 Å². The average Bonchev–Trinajstić information content (AvgIpc) is 3.21. The molecule has 6 heteroatoms. The van der Waals surface area contributed by atoms with Gasteiger partial charge >= 0.3 is 0 Å². The Labute approximate surface area is 163 Å². The van der Waals surface area contributed by atoms with Crippen LogP contribution in [0.4, 0.5) is 0 Å². The summed E-state index contributed by atoms with van der Waals surface area (Å²) < 4.78 is 11.3. The van der Waals surface area contributed by atoms with Crippen LogP contribution in [0.5, 0.6) is 5.75 Å². The highest BCUT2D eigenvalue weighted by Gasteiger charge is 2.39. The largest absolute Gasteiger partial charge is 0.496 e. The van der Waals surface area contributed by atoms with Crippen molar-refractivity contribution in [1.29, 1.82) is 0 Å². The molecule has 4 rings (SSSR count). The van der Waals surface area contributed by atoms with E-state index in [1.807, 2.05) is 43.0 Å². The first kappa shape index (κ1) is 18.2. The van der Waals surface area contributed by atoms with Gasteiger partial charge in [-0.25, -0.2) is 0 Å². The van der Waals surface area contributed by atoms with E-state index in [9.17, 15) is 4.79 Å². The molecular formula is C21H24N2O3S. The maximum atomic E-state index is 12.7. The number of benzene rings is 1. The number of para-hydroxylation sites is 1. The van der Waals surface area contributed by atoms with E-state index in [0.29, 0.717) is 24.0 Å². The zero-order valence-corrected chi connectivity index (χ0v) is 16.7. The topological polar surface area (TPSA) is 63.8 Å². The molecule has 2 atom stereocenters. The van der Waals surface area contributed by atoms with Crippen molar-refractivity contribution in [3.05, 3.63) is 52.5 Å². The number of carbonyl (C=O) groups excluding carboxylic acids is 1. The highest BCUT2D eigenvalue weighted by atomic mass is 32.2. The fourth-order valence-electron chi connectivity index (χ4n) is 4.01. The molecule has 1 aliphatic carbocycles. The Kier molecular flexibility index (Phi) is 5.00. The van der Waals surface area contributed by atoms with Crippen LogP contribution in [-0.4, -0.2) is 29.9 Å². The molecule has 5 nitrogen and oxygen atoms in total. The molecule has 0 saturated carbocycles. The van der Waals surface area contributed by atoms with E-state index in [4.69, 9.17) is 14.1 Å². The second-order valence-corrected chi connectivity index (χ2v) is 8.43. The number of aliphatic imine (C=N–C) groups is 1. The molecule has 27 heavy (non-hydrogen) atoms. The van der Waals surface area contributed by atoms with Crippen LogP contribution in [0.2, 0.25) is 0 Å². The van der Waals surface area contributed by atoms with Gasteiger partial charge in [-0.3, -0.25) is 9.79 Å². The molecule has 1 aromatic carbocycles. The molecule has 1 N–H and O–H groups in total. The van der Waals surface area contributed by atoms with Crippen LogP contribution in [0, 0.1) is 6.92 Å². The first-order valence-corrected chi connectivity index (χ1v) is 10.2. The lowest BCUT2D eigenvalue weighted by atomic mass is 9.90. The minimum atomic E-state index is -0.153. The number of nitrogens with one attached hydrogen (secondary N) is 1. The number of methoxy groups -OCH3 is 1. The third-order valence-corrected chi connectivity index (χ3v) is 6.54. The Morgan fingerprint density at radius 3 is 3.00 bits per heavy atom. The van der Waals surface area contributed by atoms with E-state index in [0.717, 1.165) is 46.1 Å². The number of aryl methyl sites for hydroxylation is 1. The van der Waals surface area contributed by atoms with Gasteiger partial charge in [-0.2, -0.15) is 0 Å². The summed E-state index contributed by atoms with van der Waals surface area (Å²) in [6, 6.07) is 8.00. The summed E-state index contributed by atoms with van der Waals surface area (Å²) in [6.07, 6.45) is 2.63. The van der Waals surface area contributed by atoms with Gasteiger partial charge in [0, 0.05) is 29.3 Å². The van der Waals surface area contributed by atoms with Gasteiger partial charge in [-0.15, -0.1) is 11.8 Å². The molecule has 2 heterocycles. The highest BCUT2D eigenvalue weighted by molar-refractivity contribution is 8.14. The van der Waals surface area contributed by atoms with Crippen LogP contribution in [-0.2, 0) is 12.8 Å². The van der Waals surface area contributed by atoms with Crippen molar-refractivity contribution < 1.29 is 13.9 Å². The van der Waals surface area contributed by atoms with E-state index in [-0.39, 0.29) is 11.9 Å². The molecule has 0 spiro atoms. The van der Waals surface area contributed by atoms with Crippen LogP contribution in [0.25, 0.3) is 0 Å². The number of rotatable bonds is 5. The van der Waals surface area contributed by atoms with E-state index in [1.165, 1.54) is 0 Å². The molecule has 0 saturated heterocycles. The first-order valence-electron chi connectivity index (χ1n) is 9.31. The minimum Gasteiger partial charge on any atom is -0.496 e. The molecule has 1 amide bonds. The molecule has 1 aliphatic heterocycles. The summed E-state index contributed by atoms with van der Waals surface area (Å²) >= 11 is 1.85. The average molecular weight is 385 g/mol. The molecule has 2 aliphatic rings. The number of ether oxygens (including phenoxy) is 1. The summed E-state index contributed by atoms with van der Waals surface area (Å²) in [5.74, 6) is 2.06. The van der Waals surface area contributed by atoms with Crippen molar-refractivity contribution in [2.24, 2.45) is 4.99 Å². The number of amides is 1. The zero-order chi connectivity index (χ0) is 19.0. The highest BCUT2D eigenvalue weighted by Crippen LogP contribution is 2.47. The SMILES string of the molecule is COc1ccccc1CCNC(=O)c1oc2c(c1C)[C@@H]1N=C(C)S[C@@H]1CC2. The molecule has 0 bridgehead atoms. The number of furan rings is 1. The second kappa shape index (κ2) is 7.43. The maximum absolute atomic E-state index is 12.7. The summed E-state index contributed by atoms with van der Waals surface area (Å²) in [4.78, 5) is 17.5. The third-order valence-electron chi connectivity index (χ3n) is 5.30. The summed E-state index contributed by atoms with van der Waals surface area (Å²) in [5.41, 5.74) is 3.14. The smallest absolute Gasteiger partial charge is 0.287 e. The van der Waals surface area contributed by atoms with E-state index in [1.54, 1.807) is 7.11 Å². The quantitative estimate of drug-likeness (QED) is 0.843. The lowest BCUT2D eigenvalue weighted by Crippen LogP contribution is -2.26. The molecule has 142 valence electrons. The van der Waals surface area contributed by atoms with Crippen molar-refractivity contribution in [2.75, 3.05) is 13.7 Å². The summed E-state index contributed by atoms with van der Waals surface area (Å²) in [5, 5.41) is 4.60. The van der Waals surface area contributed by atoms with Gasteiger partial charge in [0.05, 0.1) is 18.2 Å². The first-order chi connectivity index (χ1) is 13.1. The van der Waals surface area contributed by atoms with Crippen LogP contribution in [0.15, 0.2) is 33.7 Å². The summed E-state index contributed by atoms with van der Waals surface area (Å²) in [6.45, 7) is 4.57. The normalized spacial score (nSPS) is 20.6. The third kappa shape index (κ3) is 3.38. The van der Waals surface area contributed by atoms with Gasteiger partial charge in [0.2, 0.25) is 0 Å². The van der Waals surface area contributed by atoms with Crippen LogP contribution < -0.4 is 10.1 Å². The van der Waals surface area contributed by atoms with Gasteiger partial charge in [0.25, 0.3) is 5.91 Å². The van der Waals surface area contributed by atoms with Crippen molar-refractivity contribution >= 4 is 22.7 Å². The monoisotopic (exact) mass is 384 g/mol. The van der Waals surface area contributed by atoms with Crippen LogP contribution in [0.3, 0.4) is 0 Å². The van der Waals surface area contributed by atoms with E-state index < -0.39 is 0 Å². The molecule has 1 aromatic heterocycles. The second-order valence-electron chi connectivity index (χ2n) is 7.00. The molecule has 0 radical (unpaired) electrons. The zero-order valence-electron chi connectivity index (χ0n) is 15.9. The summed E-state index contributed by atoms with van der Waals surface area (Å²) in [7, 11) is 1.66. The minimum absolute atomic E-state index is 0.137. The van der Waals surface area contributed by atoms with Gasteiger partial charge in [-0.1, -0.05) is 18.2 Å². The number of hydrogen-bond acceptors (Lipinski definition) is 5. The fourth-order valence-corrected chi connectivity index (χ4v) is 5.18. The standard InChI is InChI=1S/C21H24N2O3S/c1-12-18-16(8-9-17-19(18)23-13(2)27-17)26-20(12)21(24)22-11-10-14-6-4-5-7-15(14)25-3/h4-7,17,19H,8-11H2,1-3H3,(H,22,24)/t17-,19-/m1/s1. The van der Waals surface area contributed by atoms with E-state index >= 15 is 0 Å². The molecule has 0 fully saturated rings. The van der Waals surface area contributed by atoms with Crippen molar-refractivity contribution in [1.82, 2.24) is 5.32 Å². The number of carbonyl (C=O) groups is 1. The van der Waals surface area contributed by atoms with Gasteiger partial charge in [-0.05, 0) is 38.3 Å². The predicted octanol–water partition coefficient (Wildman–Crippen LogP) is 4.09. The Morgan fingerprint density at radius 2 is 2.19 bits per heavy atom. The van der Waals surface area contributed by atoms with Crippen LogP contribution >= 0.6 is 11.8 Å². The van der Waals surface area contributed by atoms with Gasteiger partial charge in [0.1, 0.15) is 11.5 Å². The van der Waals surface area contributed by atoms with Crippen molar-refractivity contribution in [2.45, 2.75) is 44.4 Å². The Hall–Kier alpha value is -2.21. The Balaban J connectivity index is 1.46. The molecule has 0 unspecified atom stereocenters. The molecule has 2 aromatic rings.